The highest BCUT2D eigenvalue weighted by atomic mass is 14.9. The molecule has 90 valence electrons. The first kappa shape index (κ1) is 13.2. The molecule has 2 nitrogen and oxygen atoms in total. The van der Waals surface area contributed by atoms with Crippen LogP contribution in [0.25, 0.3) is 0 Å². The second-order valence-corrected chi connectivity index (χ2v) is 4.70. The molecule has 0 aliphatic heterocycles. The molecule has 0 fully saturated rings. The minimum Gasteiger partial charge on any atom is -0.329 e. The summed E-state index contributed by atoms with van der Waals surface area (Å²) in [5.41, 5.74) is 8.25. The lowest BCUT2D eigenvalue weighted by Gasteiger charge is -2.07. The van der Waals surface area contributed by atoms with E-state index in [1.807, 2.05) is 0 Å². The maximum absolute atomic E-state index is 5.41. The van der Waals surface area contributed by atoms with Crippen LogP contribution in [-0.4, -0.2) is 19.6 Å². The third-order valence-electron chi connectivity index (χ3n) is 2.58. The van der Waals surface area contributed by atoms with Gasteiger partial charge in [0.1, 0.15) is 0 Å². The van der Waals surface area contributed by atoms with E-state index >= 15 is 0 Å². The second-order valence-electron chi connectivity index (χ2n) is 4.70. The third-order valence-corrected chi connectivity index (χ3v) is 2.58. The number of rotatable bonds is 7. The van der Waals surface area contributed by atoms with Gasteiger partial charge in [-0.15, -0.1) is 0 Å². The summed E-state index contributed by atoms with van der Waals surface area (Å²) in [6.07, 6.45) is 2.26. The van der Waals surface area contributed by atoms with Crippen molar-refractivity contribution in [3.8, 4) is 0 Å². The number of hydrogen-bond acceptors (Lipinski definition) is 2. The number of nitrogens with one attached hydrogen (secondary N) is 1. The zero-order valence-electron chi connectivity index (χ0n) is 10.5. The minimum absolute atomic E-state index is 0.716. The van der Waals surface area contributed by atoms with Crippen molar-refractivity contribution < 1.29 is 0 Å². The summed E-state index contributed by atoms with van der Waals surface area (Å²) in [5.74, 6) is 0.733. The highest BCUT2D eigenvalue weighted by Crippen LogP contribution is 2.09. The average Bonchev–Trinajstić information content (AvgIpc) is 2.26. The smallest absolute Gasteiger partial charge is 0.00746 e. The molecular formula is C14H24N2. The number of hydrogen-bond donors (Lipinski definition) is 2. The van der Waals surface area contributed by atoms with E-state index in [2.05, 4.69) is 43.4 Å². The van der Waals surface area contributed by atoms with Crippen molar-refractivity contribution in [2.75, 3.05) is 19.6 Å². The van der Waals surface area contributed by atoms with E-state index in [-0.39, 0.29) is 0 Å². The first-order valence-electron chi connectivity index (χ1n) is 6.21. The molecule has 0 saturated carbocycles. The lowest BCUT2D eigenvalue weighted by Crippen LogP contribution is -2.24. The molecule has 3 N–H and O–H groups in total. The van der Waals surface area contributed by atoms with Gasteiger partial charge < -0.3 is 11.1 Å². The lowest BCUT2D eigenvalue weighted by molar-refractivity contribution is 0.646. The predicted molar refractivity (Wildman–Crippen MR) is 70.6 cm³/mol. The van der Waals surface area contributed by atoms with Crippen LogP contribution >= 0.6 is 0 Å². The van der Waals surface area contributed by atoms with Crippen LogP contribution in [0.3, 0.4) is 0 Å². The fourth-order valence-electron chi connectivity index (χ4n) is 1.77. The van der Waals surface area contributed by atoms with Crippen LogP contribution in [0.5, 0.6) is 0 Å². The van der Waals surface area contributed by atoms with Crippen molar-refractivity contribution in [3.63, 3.8) is 0 Å². The molecule has 0 spiro atoms. The highest BCUT2D eigenvalue weighted by molar-refractivity contribution is 5.23. The molecule has 1 rings (SSSR count). The van der Waals surface area contributed by atoms with E-state index < -0.39 is 0 Å². The molecular weight excluding hydrogens is 196 g/mol. The Morgan fingerprint density at radius 3 is 2.25 bits per heavy atom. The average molecular weight is 220 g/mol. The molecule has 0 bridgehead atoms. The summed E-state index contributed by atoms with van der Waals surface area (Å²) in [5, 5.41) is 3.31. The van der Waals surface area contributed by atoms with Crippen molar-refractivity contribution in [1.82, 2.24) is 5.32 Å². The Morgan fingerprint density at radius 2 is 1.69 bits per heavy atom. The van der Waals surface area contributed by atoms with Gasteiger partial charge in [-0.1, -0.05) is 38.1 Å². The lowest BCUT2D eigenvalue weighted by atomic mass is 10.0. The van der Waals surface area contributed by atoms with Gasteiger partial charge in [-0.2, -0.15) is 0 Å². The fourth-order valence-corrected chi connectivity index (χ4v) is 1.77. The van der Waals surface area contributed by atoms with Gasteiger partial charge >= 0.3 is 0 Å². The van der Waals surface area contributed by atoms with Crippen LogP contribution in [0.1, 0.15) is 25.0 Å². The Hall–Kier alpha value is -0.860. The molecule has 0 unspecified atom stereocenters. The summed E-state index contributed by atoms with van der Waals surface area (Å²) < 4.78 is 0. The summed E-state index contributed by atoms with van der Waals surface area (Å²) >= 11 is 0. The fraction of sp³-hybridized carbons (Fsp3) is 0.571. The van der Waals surface area contributed by atoms with E-state index in [0.717, 1.165) is 25.4 Å². The summed E-state index contributed by atoms with van der Waals surface area (Å²) in [6, 6.07) is 8.97. The maximum Gasteiger partial charge on any atom is 0.00746 e. The first-order valence-corrected chi connectivity index (χ1v) is 6.21. The first-order chi connectivity index (χ1) is 7.72. The van der Waals surface area contributed by atoms with E-state index in [9.17, 15) is 0 Å². The van der Waals surface area contributed by atoms with Crippen molar-refractivity contribution in [3.05, 3.63) is 35.4 Å². The summed E-state index contributed by atoms with van der Waals surface area (Å²) in [7, 11) is 0. The van der Waals surface area contributed by atoms with Crippen LogP contribution in [0, 0.1) is 5.92 Å². The van der Waals surface area contributed by atoms with Crippen LogP contribution in [0.2, 0.25) is 0 Å². The molecule has 0 amide bonds. The Labute approximate surface area is 99.2 Å². The van der Waals surface area contributed by atoms with Crippen LogP contribution in [0.15, 0.2) is 24.3 Å². The molecule has 0 atom stereocenters. The van der Waals surface area contributed by atoms with Gasteiger partial charge in [-0.25, -0.2) is 0 Å². The molecule has 0 radical (unpaired) electrons. The van der Waals surface area contributed by atoms with Gasteiger partial charge in [0.05, 0.1) is 0 Å². The highest BCUT2D eigenvalue weighted by Gasteiger charge is 1.98. The third kappa shape index (κ3) is 5.29. The topological polar surface area (TPSA) is 38.0 Å². The Balaban J connectivity index is 2.33. The quantitative estimate of drug-likeness (QED) is 0.690. The van der Waals surface area contributed by atoms with Crippen molar-refractivity contribution in [1.29, 1.82) is 0 Å². The summed E-state index contributed by atoms with van der Waals surface area (Å²) in [4.78, 5) is 0. The molecule has 0 aliphatic rings. The van der Waals surface area contributed by atoms with Crippen molar-refractivity contribution in [2.24, 2.45) is 11.7 Å². The van der Waals surface area contributed by atoms with Gasteiger partial charge in [-0.3, -0.25) is 0 Å². The van der Waals surface area contributed by atoms with Crippen LogP contribution in [0.4, 0.5) is 0 Å². The standard InChI is InChI=1S/C14H24N2/c1-12(2)11-14-5-3-13(4-6-14)7-9-16-10-8-15/h3-6,12,16H,7-11,15H2,1-2H3. The van der Waals surface area contributed by atoms with Gasteiger partial charge in [0.2, 0.25) is 0 Å². The Morgan fingerprint density at radius 1 is 1.06 bits per heavy atom. The number of benzene rings is 1. The van der Waals surface area contributed by atoms with E-state index in [4.69, 9.17) is 5.73 Å². The largest absolute Gasteiger partial charge is 0.329 e. The van der Waals surface area contributed by atoms with Crippen LogP contribution in [-0.2, 0) is 12.8 Å². The monoisotopic (exact) mass is 220 g/mol. The molecule has 1 aromatic carbocycles. The predicted octanol–water partition coefficient (Wildman–Crippen LogP) is 1.98. The second kappa shape index (κ2) is 7.42. The van der Waals surface area contributed by atoms with E-state index in [1.165, 1.54) is 17.5 Å². The van der Waals surface area contributed by atoms with Gasteiger partial charge in [0, 0.05) is 13.1 Å². The van der Waals surface area contributed by atoms with Crippen molar-refractivity contribution >= 4 is 0 Å². The Kier molecular flexibility index (Phi) is 6.12. The zero-order valence-corrected chi connectivity index (χ0v) is 10.5. The molecule has 0 aliphatic carbocycles. The summed E-state index contributed by atoms with van der Waals surface area (Å²) in [6.45, 7) is 7.15. The molecule has 1 aromatic rings. The minimum atomic E-state index is 0.716. The van der Waals surface area contributed by atoms with E-state index in [1.54, 1.807) is 0 Å². The van der Waals surface area contributed by atoms with Gasteiger partial charge in [0.15, 0.2) is 0 Å². The van der Waals surface area contributed by atoms with Crippen molar-refractivity contribution in [2.45, 2.75) is 26.7 Å². The molecule has 16 heavy (non-hydrogen) atoms. The van der Waals surface area contributed by atoms with E-state index in [0.29, 0.717) is 6.54 Å². The normalized spacial score (nSPS) is 11.0. The van der Waals surface area contributed by atoms with Gasteiger partial charge in [0.25, 0.3) is 0 Å². The van der Waals surface area contributed by atoms with Crippen LogP contribution < -0.4 is 11.1 Å². The maximum atomic E-state index is 5.41. The molecule has 0 saturated heterocycles. The molecule has 2 heteroatoms. The number of nitrogens with two attached hydrogens (primary N) is 1. The Bertz CT molecular complexity index is 277. The SMILES string of the molecule is CC(C)Cc1ccc(CCNCCN)cc1. The van der Waals surface area contributed by atoms with Gasteiger partial charge in [-0.05, 0) is 36.4 Å². The zero-order chi connectivity index (χ0) is 11.8. The molecule has 0 aromatic heterocycles. The molecule has 0 heterocycles.